The molecule has 0 radical (unpaired) electrons. The summed E-state index contributed by atoms with van der Waals surface area (Å²) >= 11 is 7.86. The first kappa shape index (κ1) is 8.14. The lowest BCUT2D eigenvalue weighted by Crippen LogP contribution is -1.88. The predicted molar refractivity (Wildman–Crippen MR) is 53.1 cm³/mol. The summed E-state index contributed by atoms with van der Waals surface area (Å²) in [5.41, 5.74) is 7.46. The van der Waals surface area contributed by atoms with Crippen molar-refractivity contribution in [3.05, 3.63) is 27.3 Å². The van der Waals surface area contributed by atoms with Crippen LogP contribution in [-0.4, -0.2) is 0 Å². The molecule has 0 spiro atoms. The molecule has 2 N–H and O–H groups in total. The Balaban J connectivity index is 3.07. The van der Waals surface area contributed by atoms with Gasteiger partial charge in [0.15, 0.2) is 0 Å². The van der Waals surface area contributed by atoms with Gasteiger partial charge in [0.1, 0.15) is 0 Å². The molecule has 10 heavy (non-hydrogen) atoms. The first-order chi connectivity index (χ1) is 4.74. The topological polar surface area (TPSA) is 26.0 Å². The lowest BCUT2D eigenvalue weighted by Gasteiger charge is -1.99. The van der Waals surface area contributed by atoms with Crippen molar-refractivity contribution in [1.82, 2.24) is 0 Å². The van der Waals surface area contributed by atoms with Crippen molar-refractivity contribution in [1.29, 1.82) is 0 Å². The van der Waals surface area contributed by atoms with Crippen LogP contribution < -0.4 is 5.73 Å². The minimum Gasteiger partial charge on any atom is -0.399 e. The van der Waals surface area contributed by atoms with Gasteiger partial charge >= 0.3 is 0 Å². The van der Waals surface area contributed by atoms with E-state index in [1.54, 1.807) is 0 Å². The molecule has 0 aliphatic heterocycles. The van der Waals surface area contributed by atoms with Crippen molar-refractivity contribution in [3.8, 4) is 0 Å². The Morgan fingerprint density at radius 1 is 1.50 bits per heavy atom. The summed E-state index contributed by atoms with van der Waals surface area (Å²) in [6.45, 7) is 0. The fourth-order valence-corrected chi connectivity index (χ4v) is 1.86. The summed E-state index contributed by atoms with van der Waals surface area (Å²) < 4.78 is 1.13. The zero-order valence-electron chi connectivity index (χ0n) is 5.27. The molecule has 0 aliphatic carbocycles. The van der Waals surface area contributed by atoms with Crippen LogP contribution >= 0.6 is 34.2 Å². The van der Waals surface area contributed by atoms with Gasteiger partial charge in [0.25, 0.3) is 0 Å². The Morgan fingerprint density at radius 3 is 2.70 bits per heavy atom. The highest BCUT2D eigenvalue weighted by Gasteiger charge is 1.96. The van der Waals surface area contributed by atoms with E-state index in [0.29, 0.717) is 5.88 Å². The number of halogens is 2. The average Bonchev–Trinajstić information content (AvgIpc) is 1.88. The van der Waals surface area contributed by atoms with Crippen LogP contribution in [0, 0.1) is 3.57 Å². The minimum atomic E-state index is 0.554. The monoisotopic (exact) mass is 267 g/mol. The Kier molecular flexibility index (Phi) is 2.80. The van der Waals surface area contributed by atoms with Crippen LogP contribution in [0.25, 0.3) is 0 Å². The van der Waals surface area contributed by atoms with E-state index in [0.717, 1.165) is 14.8 Å². The standard InChI is InChI=1S/C7H7ClIN/c8-4-5-1-2-6(10)3-7(5)9/h1-3H,4,10H2. The minimum absolute atomic E-state index is 0.554. The molecule has 0 aromatic heterocycles. The summed E-state index contributed by atoms with van der Waals surface area (Å²) in [5, 5.41) is 0. The summed E-state index contributed by atoms with van der Waals surface area (Å²) in [7, 11) is 0. The predicted octanol–water partition coefficient (Wildman–Crippen LogP) is 2.61. The molecule has 0 fully saturated rings. The summed E-state index contributed by atoms with van der Waals surface area (Å²) in [5.74, 6) is 0.554. The van der Waals surface area contributed by atoms with Gasteiger partial charge < -0.3 is 5.73 Å². The molecule has 1 aromatic rings. The van der Waals surface area contributed by atoms with Crippen LogP contribution in [0.2, 0.25) is 0 Å². The first-order valence-corrected chi connectivity index (χ1v) is 4.45. The molecule has 1 aromatic carbocycles. The number of nitrogens with two attached hydrogens (primary N) is 1. The van der Waals surface area contributed by atoms with Gasteiger partial charge in [-0.2, -0.15) is 0 Å². The maximum atomic E-state index is 5.64. The molecule has 0 amide bonds. The van der Waals surface area contributed by atoms with Crippen LogP contribution in [0.1, 0.15) is 5.56 Å². The Hall–Kier alpha value is 0.0400. The van der Waals surface area contributed by atoms with Crippen molar-refractivity contribution in [2.24, 2.45) is 0 Å². The van der Waals surface area contributed by atoms with Crippen molar-refractivity contribution >= 4 is 39.9 Å². The third-order valence-electron chi connectivity index (χ3n) is 1.22. The quantitative estimate of drug-likeness (QED) is 0.472. The molecule has 0 atom stereocenters. The van der Waals surface area contributed by atoms with Gasteiger partial charge in [-0.3, -0.25) is 0 Å². The van der Waals surface area contributed by atoms with Gasteiger partial charge in [0.2, 0.25) is 0 Å². The van der Waals surface area contributed by atoms with E-state index in [-0.39, 0.29) is 0 Å². The van der Waals surface area contributed by atoms with Crippen molar-refractivity contribution < 1.29 is 0 Å². The molecule has 54 valence electrons. The van der Waals surface area contributed by atoms with E-state index >= 15 is 0 Å². The van der Waals surface area contributed by atoms with Gasteiger partial charge in [-0.1, -0.05) is 6.07 Å². The molecule has 0 aliphatic rings. The lowest BCUT2D eigenvalue weighted by atomic mass is 10.2. The summed E-state index contributed by atoms with van der Waals surface area (Å²) in [4.78, 5) is 0. The number of hydrogen-bond acceptors (Lipinski definition) is 1. The maximum Gasteiger partial charge on any atom is 0.0484 e. The lowest BCUT2D eigenvalue weighted by molar-refractivity contribution is 1.37. The fraction of sp³-hybridized carbons (Fsp3) is 0.143. The molecule has 1 nitrogen and oxygen atoms in total. The number of anilines is 1. The van der Waals surface area contributed by atoms with E-state index in [1.807, 2.05) is 18.2 Å². The van der Waals surface area contributed by atoms with Gasteiger partial charge in [0, 0.05) is 15.1 Å². The van der Waals surface area contributed by atoms with Crippen LogP contribution in [0.4, 0.5) is 5.69 Å². The highest BCUT2D eigenvalue weighted by atomic mass is 127. The van der Waals surface area contributed by atoms with E-state index in [9.17, 15) is 0 Å². The van der Waals surface area contributed by atoms with Crippen molar-refractivity contribution in [2.45, 2.75) is 5.88 Å². The normalized spacial score (nSPS) is 9.80. The highest BCUT2D eigenvalue weighted by Crippen LogP contribution is 2.17. The average molecular weight is 267 g/mol. The molecule has 3 heteroatoms. The molecule has 0 bridgehead atoms. The van der Waals surface area contributed by atoms with E-state index < -0.39 is 0 Å². The van der Waals surface area contributed by atoms with E-state index in [4.69, 9.17) is 17.3 Å². The first-order valence-electron chi connectivity index (χ1n) is 2.84. The zero-order chi connectivity index (χ0) is 7.56. The molecule has 0 heterocycles. The van der Waals surface area contributed by atoms with Gasteiger partial charge in [-0.15, -0.1) is 11.6 Å². The summed E-state index contributed by atoms with van der Waals surface area (Å²) in [6.07, 6.45) is 0. The second kappa shape index (κ2) is 3.44. The number of benzene rings is 1. The fourth-order valence-electron chi connectivity index (χ4n) is 0.672. The molecule has 1 rings (SSSR count). The van der Waals surface area contributed by atoms with Crippen LogP contribution in [0.5, 0.6) is 0 Å². The van der Waals surface area contributed by atoms with E-state index in [2.05, 4.69) is 22.6 Å². The molecule has 0 saturated carbocycles. The van der Waals surface area contributed by atoms with Gasteiger partial charge in [0.05, 0.1) is 0 Å². The van der Waals surface area contributed by atoms with Crippen molar-refractivity contribution in [2.75, 3.05) is 5.73 Å². The molecular weight excluding hydrogens is 260 g/mol. The SMILES string of the molecule is Nc1ccc(CCl)c(I)c1. The number of alkyl halides is 1. The second-order valence-electron chi connectivity index (χ2n) is 1.98. The Bertz CT molecular complexity index is 237. The Morgan fingerprint density at radius 2 is 2.20 bits per heavy atom. The van der Waals surface area contributed by atoms with Crippen LogP contribution in [-0.2, 0) is 5.88 Å². The van der Waals surface area contributed by atoms with E-state index in [1.165, 1.54) is 0 Å². The number of rotatable bonds is 1. The van der Waals surface area contributed by atoms with Crippen LogP contribution in [0.3, 0.4) is 0 Å². The highest BCUT2D eigenvalue weighted by molar-refractivity contribution is 14.1. The largest absolute Gasteiger partial charge is 0.399 e. The zero-order valence-corrected chi connectivity index (χ0v) is 8.19. The Labute approximate surface area is 78.7 Å². The number of hydrogen-bond donors (Lipinski definition) is 1. The van der Waals surface area contributed by atoms with Crippen LogP contribution in [0.15, 0.2) is 18.2 Å². The van der Waals surface area contributed by atoms with Gasteiger partial charge in [-0.05, 0) is 40.3 Å². The molecular formula is C7H7ClIN. The second-order valence-corrected chi connectivity index (χ2v) is 3.41. The summed E-state index contributed by atoms with van der Waals surface area (Å²) in [6, 6.07) is 5.72. The molecule has 0 saturated heterocycles. The third-order valence-corrected chi connectivity index (χ3v) is 2.51. The smallest absolute Gasteiger partial charge is 0.0484 e. The van der Waals surface area contributed by atoms with Gasteiger partial charge in [-0.25, -0.2) is 0 Å². The third kappa shape index (κ3) is 1.76. The number of nitrogen functional groups attached to an aromatic ring is 1. The van der Waals surface area contributed by atoms with Crippen molar-refractivity contribution in [3.63, 3.8) is 0 Å². The maximum absolute atomic E-state index is 5.64. The molecule has 0 unspecified atom stereocenters.